The summed E-state index contributed by atoms with van der Waals surface area (Å²) in [6.07, 6.45) is 16.3. The highest BCUT2D eigenvalue weighted by molar-refractivity contribution is 6.31. The lowest BCUT2D eigenvalue weighted by Gasteiger charge is -2.32. The fourth-order valence-electron chi connectivity index (χ4n) is 5.58. The Morgan fingerprint density at radius 2 is 1.39 bits per heavy atom. The standard InChI is InChI=1S/C25H38ClFO/c1-3-5-18-6-8-19(9-7-18)10-11-20-12-14-21(15-13-20)22-16-17-23(28-4-2)25(27)24(22)26/h16-21H,3-15H2,1-2H3. The third kappa shape index (κ3) is 5.65. The first-order chi connectivity index (χ1) is 13.6. The maximum atomic E-state index is 14.4. The van der Waals surface area contributed by atoms with Crippen LogP contribution in [-0.4, -0.2) is 6.61 Å². The van der Waals surface area contributed by atoms with Gasteiger partial charge in [0.15, 0.2) is 11.6 Å². The van der Waals surface area contributed by atoms with Crippen molar-refractivity contribution in [3.05, 3.63) is 28.5 Å². The van der Waals surface area contributed by atoms with E-state index in [9.17, 15) is 4.39 Å². The van der Waals surface area contributed by atoms with Crippen LogP contribution in [0.5, 0.6) is 5.75 Å². The highest BCUT2D eigenvalue weighted by Gasteiger charge is 2.27. The second-order valence-corrected chi connectivity index (χ2v) is 9.56. The molecule has 2 saturated carbocycles. The molecule has 0 amide bonds. The van der Waals surface area contributed by atoms with Gasteiger partial charge in [-0.25, -0.2) is 4.39 Å². The Morgan fingerprint density at radius 1 is 0.857 bits per heavy atom. The monoisotopic (exact) mass is 408 g/mol. The van der Waals surface area contributed by atoms with E-state index in [1.165, 1.54) is 64.2 Å². The van der Waals surface area contributed by atoms with E-state index in [1.807, 2.05) is 13.0 Å². The second kappa shape index (κ2) is 10.9. The van der Waals surface area contributed by atoms with Crippen molar-refractivity contribution in [1.82, 2.24) is 0 Å². The van der Waals surface area contributed by atoms with E-state index in [1.54, 1.807) is 6.07 Å². The molecule has 1 aromatic rings. The molecule has 28 heavy (non-hydrogen) atoms. The summed E-state index contributed by atoms with van der Waals surface area (Å²) in [7, 11) is 0. The minimum atomic E-state index is -0.387. The molecule has 0 radical (unpaired) electrons. The molecule has 0 spiro atoms. The van der Waals surface area contributed by atoms with Crippen LogP contribution in [0.25, 0.3) is 0 Å². The van der Waals surface area contributed by atoms with Crippen molar-refractivity contribution < 1.29 is 9.13 Å². The van der Waals surface area contributed by atoms with Crippen molar-refractivity contribution in [2.24, 2.45) is 17.8 Å². The number of hydrogen-bond donors (Lipinski definition) is 0. The highest BCUT2D eigenvalue weighted by atomic mass is 35.5. The number of hydrogen-bond acceptors (Lipinski definition) is 1. The average molecular weight is 409 g/mol. The molecule has 0 aromatic heterocycles. The van der Waals surface area contributed by atoms with Crippen LogP contribution in [0.1, 0.15) is 102 Å². The molecule has 0 unspecified atom stereocenters. The van der Waals surface area contributed by atoms with Gasteiger partial charge in [-0.2, -0.15) is 0 Å². The summed E-state index contributed by atoms with van der Waals surface area (Å²) in [5.74, 6) is 3.13. The van der Waals surface area contributed by atoms with Gasteiger partial charge in [0, 0.05) is 0 Å². The molecule has 158 valence electrons. The minimum absolute atomic E-state index is 0.276. The predicted octanol–water partition coefficient (Wildman–Crippen LogP) is 8.54. The Morgan fingerprint density at radius 3 is 1.93 bits per heavy atom. The third-order valence-corrected chi connectivity index (χ3v) is 7.69. The molecular weight excluding hydrogens is 371 g/mol. The van der Waals surface area contributed by atoms with E-state index < -0.39 is 0 Å². The zero-order valence-corrected chi connectivity index (χ0v) is 18.6. The predicted molar refractivity (Wildman–Crippen MR) is 117 cm³/mol. The Kier molecular flexibility index (Phi) is 8.51. The van der Waals surface area contributed by atoms with Crippen molar-refractivity contribution in [2.75, 3.05) is 6.61 Å². The molecule has 2 aliphatic rings. The van der Waals surface area contributed by atoms with E-state index in [-0.39, 0.29) is 16.6 Å². The number of halogens is 2. The van der Waals surface area contributed by atoms with E-state index in [2.05, 4.69) is 6.92 Å². The molecule has 1 nitrogen and oxygen atoms in total. The van der Waals surface area contributed by atoms with Gasteiger partial charge in [0.05, 0.1) is 11.6 Å². The molecule has 1 aromatic carbocycles. The van der Waals surface area contributed by atoms with E-state index in [4.69, 9.17) is 16.3 Å². The Bertz CT molecular complexity index is 601. The maximum absolute atomic E-state index is 14.4. The Hall–Kier alpha value is -0.760. The quantitative estimate of drug-likeness (QED) is 0.418. The van der Waals surface area contributed by atoms with E-state index in [0.717, 1.165) is 36.2 Å². The summed E-state index contributed by atoms with van der Waals surface area (Å²) in [4.78, 5) is 0. The number of ether oxygens (including phenoxy) is 1. The first kappa shape index (κ1) is 21.9. The summed E-state index contributed by atoms with van der Waals surface area (Å²) >= 11 is 6.35. The summed E-state index contributed by atoms with van der Waals surface area (Å²) in [6, 6.07) is 3.73. The molecule has 0 saturated heterocycles. The van der Waals surface area contributed by atoms with Gasteiger partial charge in [-0.1, -0.05) is 76.0 Å². The molecule has 2 fully saturated rings. The molecule has 0 heterocycles. The third-order valence-electron chi connectivity index (χ3n) is 7.31. The summed E-state index contributed by atoms with van der Waals surface area (Å²) in [5.41, 5.74) is 0.982. The second-order valence-electron chi connectivity index (χ2n) is 9.18. The molecule has 0 bridgehead atoms. The Balaban J connectivity index is 1.43. The van der Waals surface area contributed by atoms with Crippen LogP contribution in [-0.2, 0) is 0 Å². The lowest BCUT2D eigenvalue weighted by Crippen LogP contribution is -2.18. The van der Waals surface area contributed by atoms with Gasteiger partial charge < -0.3 is 4.74 Å². The molecule has 3 rings (SSSR count). The smallest absolute Gasteiger partial charge is 0.183 e. The normalized spacial score (nSPS) is 28.3. The van der Waals surface area contributed by atoms with Crippen molar-refractivity contribution in [1.29, 1.82) is 0 Å². The molecule has 0 atom stereocenters. The van der Waals surface area contributed by atoms with Crippen LogP contribution in [0.4, 0.5) is 4.39 Å². The first-order valence-corrected chi connectivity index (χ1v) is 12.1. The lowest BCUT2D eigenvalue weighted by atomic mass is 9.74. The molecule has 0 aliphatic heterocycles. The van der Waals surface area contributed by atoms with Crippen molar-refractivity contribution >= 4 is 11.6 Å². The first-order valence-electron chi connectivity index (χ1n) is 11.7. The van der Waals surface area contributed by atoms with Crippen LogP contribution in [0.3, 0.4) is 0 Å². The van der Waals surface area contributed by atoms with Crippen LogP contribution in [0, 0.1) is 23.6 Å². The molecule has 0 N–H and O–H groups in total. The molecular formula is C25H38ClFO. The van der Waals surface area contributed by atoms with Gasteiger partial charge in [0.2, 0.25) is 0 Å². The van der Waals surface area contributed by atoms with Crippen molar-refractivity contribution in [3.63, 3.8) is 0 Å². The highest BCUT2D eigenvalue weighted by Crippen LogP contribution is 2.43. The van der Waals surface area contributed by atoms with Gasteiger partial charge in [-0.05, 0) is 67.9 Å². The van der Waals surface area contributed by atoms with Crippen LogP contribution in [0.2, 0.25) is 5.02 Å². The molecule has 3 heteroatoms. The van der Waals surface area contributed by atoms with Gasteiger partial charge in [-0.15, -0.1) is 0 Å². The molecule has 2 aliphatic carbocycles. The van der Waals surface area contributed by atoms with Crippen molar-refractivity contribution in [2.45, 2.75) is 96.8 Å². The van der Waals surface area contributed by atoms with E-state index in [0.29, 0.717) is 12.5 Å². The minimum Gasteiger partial charge on any atom is -0.491 e. The largest absolute Gasteiger partial charge is 0.491 e. The summed E-state index contributed by atoms with van der Waals surface area (Å²) in [6.45, 7) is 4.63. The van der Waals surface area contributed by atoms with Crippen molar-refractivity contribution in [3.8, 4) is 5.75 Å². The topological polar surface area (TPSA) is 9.23 Å². The number of benzene rings is 1. The zero-order chi connectivity index (χ0) is 19.9. The zero-order valence-electron chi connectivity index (χ0n) is 17.8. The fraction of sp³-hybridized carbons (Fsp3) is 0.760. The van der Waals surface area contributed by atoms with Gasteiger partial charge in [0.25, 0.3) is 0 Å². The van der Waals surface area contributed by atoms with Crippen LogP contribution >= 0.6 is 11.6 Å². The van der Waals surface area contributed by atoms with E-state index >= 15 is 0 Å². The SMILES string of the molecule is CCCC1CCC(CCC2CCC(c3ccc(OCC)c(F)c3Cl)CC2)CC1. The summed E-state index contributed by atoms with van der Waals surface area (Å²) in [5, 5.41) is 0.276. The summed E-state index contributed by atoms with van der Waals surface area (Å²) < 4.78 is 19.8. The number of rotatable bonds is 8. The van der Waals surface area contributed by atoms with Crippen LogP contribution in [0.15, 0.2) is 12.1 Å². The van der Waals surface area contributed by atoms with Crippen LogP contribution < -0.4 is 4.74 Å². The Labute approximate surface area is 176 Å². The van der Waals surface area contributed by atoms with Gasteiger partial charge in [0.1, 0.15) is 0 Å². The lowest BCUT2D eigenvalue weighted by molar-refractivity contribution is 0.224. The van der Waals surface area contributed by atoms with Gasteiger partial charge >= 0.3 is 0 Å². The van der Waals surface area contributed by atoms with Gasteiger partial charge in [-0.3, -0.25) is 0 Å². The average Bonchev–Trinajstić information content (AvgIpc) is 2.72. The maximum Gasteiger partial charge on any atom is 0.183 e. The fourth-order valence-corrected chi connectivity index (χ4v) is 5.89.